The molecule has 34 heavy (non-hydrogen) atoms. The summed E-state index contributed by atoms with van der Waals surface area (Å²) < 4.78 is 5.12. The number of carbonyl (C=O) groups is 5. The van der Waals surface area contributed by atoms with E-state index >= 15 is 0 Å². The molecule has 0 saturated carbocycles. The summed E-state index contributed by atoms with van der Waals surface area (Å²) in [4.78, 5) is 67.0. The van der Waals surface area contributed by atoms with E-state index in [1.54, 1.807) is 57.4 Å². The zero-order valence-corrected chi connectivity index (χ0v) is 20.6. The largest absolute Gasteiger partial charge is 0.444 e. The molecule has 0 aromatic heterocycles. The Morgan fingerprint density at radius 2 is 1.44 bits per heavy atom. The molecule has 1 aromatic carbocycles. The normalized spacial score (nSPS) is 16.5. The van der Waals surface area contributed by atoms with Crippen molar-refractivity contribution in [3.05, 3.63) is 34.9 Å². The molecule has 0 radical (unpaired) electrons. The van der Waals surface area contributed by atoms with Gasteiger partial charge in [-0.25, -0.2) is 4.79 Å². The lowest BCUT2D eigenvalue weighted by Crippen LogP contribution is -2.52. The summed E-state index contributed by atoms with van der Waals surface area (Å²) in [5.41, 5.74) is -0.475. The molecule has 1 N–H and O–H groups in total. The number of alkyl carbamates (subject to hydrolysis) is 1. The number of imide groups is 1. The lowest BCUT2D eigenvalue weighted by atomic mass is 10.0. The Bertz CT molecular complexity index is 1030. The lowest BCUT2D eigenvalue weighted by Gasteiger charge is -2.35. The van der Waals surface area contributed by atoms with Gasteiger partial charge in [-0.05, 0) is 59.7 Å². The van der Waals surface area contributed by atoms with E-state index in [9.17, 15) is 24.0 Å². The fraction of sp³-hybridized carbons (Fsp3) is 0.542. The second-order valence-corrected chi connectivity index (χ2v) is 10.4. The SMILES string of the molecule is CC(C)(C)OC(=O)NCC(=O)N1CCN(C(=O)c2ccc3c(c2)C(=O)N(C(C)(C)C)C3=O)CC1. The Kier molecular flexibility index (Phi) is 6.73. The lowest BCUT2D eigenvalue weighted by molar-refractivity contribution is -0.131. The van der Waals surface area contributed by atoms with Crippen LogP contribution in [-0.2, 0) is 9.53 Å². The van der Waals surface area contributed by atoms with Crippen molar-refractivity contribution in [1.82, 2.24) is 20.0 Å². The van der Waals surface area contributed by atoms with Crippen LogP contribution in [0.5, 0.6) is 0 Å². The first-order valence-electron chi connectivity index (χ1n) is 11.3. The predicted molar refractivity (Wildman–Crippen MR) is 123 cm³/mol. The number of ether oxygens (including phenoxy) is 1. The van der Waals surface area contributed by atoms with Crippen LogP contribution in [0.1, 0.15) is 72.6 Å². The molecule has 0 unspecified atom stereocenters. The number of carbonyl (C=O) groups excluding carboxylic acids is 5. The van der Waals surface area contributed by atoms with Crippen molar-refractivity contribution in [1.29, 1.82) is 0 Å². The molecule has 1 aromatic rings. The third kappa shape index (κ3) is 5.37. The Morgan fingerprint density at radius 1 is 0.882 bits per heavy atom. The van der Waals surface area contributed by atoms with E-state index in [-0.39, 0.29) is 29.8 Å². The third-order valence-corrected chi connectivity index (χ3v) is 5.51. The minimum absolute atomic E-state index is 0.186. The third-order valence-electron chi connectivity index (χ3n) is 5.51. The first kappa shape index (κ1) is 25.2. The molecule has 0 aliphatic carbocycles. The number of nitrogens with zero attached hydrogens (tertiary/aromatic N) is 3. The fourth-order valence-electron chi connectivity index (χ4n) is 3.90. The van der Waals surface area contributed by atoms with Gasteiger partial charge in [0.2, 0.25) is 5.91 Å². The number of hydrogen-bond donors (Lipinski definition) is 1. The smallest absolute Gasteiger partial charge is 0.408 e. The summed E-state index contributed by atoms with van der Waals surface area (Å²) in [5, 5.41) is 2.45. The molecule has 1 saturated heterocycles. The predicted octanol–water partition coefficient (Wildman–Crippen LogP) is 1.89. The van der Waals surface area contributed by atoms with E-state index in [1.165, 1.54) is 17.0 Å². The summed E-state index contributed by atoms with van der Waals surface area (Å²) >= 11 is 0. The molecule has 3 rings (SSSR count). The number of nitrogens with one attached hydrogen (secondary N) is 1. The van der Waals surface area contributed by atoms with Gasteiger partial charge in [0.15, 0.2) is 0 Å². The Hall–Kier alpha value is -3.43. The Morgan fingerprint density at radius 3 is 2.00 bits per heavy atom. The first-order valence-corrected chi connectivity index (χ1v) is 11.3. The van der Waals surface area contributed by atoms with Crippen molar-refractivity contribution < 1.29 is 28.7 Å². The highest BCUT2D eigenvalue weighted by Crippen LogP contribution is 2.30. The van der Waals surface area contributed by atoms with Gasteiger partial charge in [-0.1, -0.05) is 0 Å². The topological polar surface area (TPSA) is 116 Å². The van der Waals surface area contributed by atoms with Crippen LogP contribution in [0.3, 0.4) is 0 Å². The zero-order chi connectivity index (χ0) is 25.4. The molecule has 2 heterocycles. The van der Waals surface area contributed by atoms with Gasteiger partial charge >= 0.3 is 6.09 Å². The maximum atomic E-state index is 13.0. The molecule has 2 aliphatic rings. The van der Waals surface area contributed by atoms with Gasteiger partial charge in [0.1, 0.15) is 12.1 Å². The first-order chi connectivity index (χ1) is 15.7. The van der Waals surface area contributed by atoms with Gasteiger partial charge in [0, 0.05) is 37.3 Å². The van der Waals surface area contributed by atoms with Crippen LogP contribution in [-0.4, -0.2) is 88.3 Å². The van der Waals surface area contributed by atoms with E-state index in [4.69, 9.17) is 4.74 Å². The summed E-state index contributed by atoms with van der Waals surface area (Å²) in [5.74, 6) is -1.30. The highest BCUT2D eigenvalue weighted by Gasteiger charge is 2.42. The molecule has 0 bridgehead atoms. The summed E-state index contributed by atoms with van der Waals surface area (Å²) in [6.45, 7) is 11.6. The van der Waals surface area contributed by atoms with Crippen molar-refractivity contribution in [2.75, 3.05) is 32.7 Å². The zero-order valence-electron chi connectivity index (χ0n) is 20.6. The minimum atomic E-state index is -0.668. The highest BCUT2D eigenvalue weighted by molar-refractivity contribution is 6.22. The van der Waals surface area contributed by atoms with Crippen LogP contribution >= 0.6 is 0 Å². The van der Waals surface area contributed by atoms with Crippen LogP contribution in [0.4, 0.5) is 4.79 Å². The van der Waals surface area contributed by atoms with Crippen molar-refractivity contribution in [3.8, 4) is 0 Å². The molecule has 0 atom stereocenters. The maximum absolute atomic E-state index is 13.0. The monoisotopic (exact) mass is 472 g/mol. The fourth-order valence-corrected chi connectivity index (χ4v) is 3.90. The second kappa shape index (κ2) is 9.08. The second-order valence-electron chi connectivity index (χ2n) is 10.4. The average Bonchev–Trinajstić information content (AvgIpc) is 3.00. The summed E-state index contributed by atoms with van der Waals surface area (Å²) in [7, 11) is 0. The summed E-state index contributed by atoms with van der Waals surface area (Å²) in [6, 6.07) is 4.56. The summed E-state index contributed by atoms with van der Waals surface area (Å²) in [6.07, 6.45) is -0.663. The van der Waals surface area contributed by atoms with E-state index in [1.807, 2.05) is 0 Å². The van der Waals surface area contributed by atoms with Gasteiger partial charge in [0.05, 0.1) is 11.1 Å². The van der Waals surface area contributed by atoms with E-state index in [2.05, 4.69) is 5.32 Å². The van der Waals surface area contributed by atoms with Gasteiger partial charge in [0.25, 0.3) is 17.7 Å². The minimum Gasteiger partial charge on any atom is -0.444 e. The number of rotatable bonds is 3. The van der Waals surface area contributed by atoms with Crippen molar-refractivity contribution >= 4 is 29.7 Å². The van der Waals surface area contributed by atoms with E-state index < -0.39 is 23.1 Å². The molecular formula is C24H32N4O6. The van der Waals surface area contributed by atoms with Crippen LogP contribution < -0.4 is 5.32 Å². The number of hydrogen-bond acceptors (Lipinski definition) is 6. The molecule has 10 heteroatoms. The number of benzene rings is 1. The Balaban J connectivity index is 1.58. The molecule has 184 valence electrons. The van der Waals surface area contributed by atoms with Crippen molar-refractivity contribution in [2.24, 2.45) is 0 Å². The van der Waals surface area contributed by atoms with Crippen molar-refractivity contribution in [2.45, 2.75) is 52.7 Å². The van der Waals surface area contributed by atoms with Gasteiger partial charge in [-0.3, -0.25) is 24.1 Å². The van der Waals surface area contributed by atoms with E-state index in [0.29, 0.717) is 37.3 Å². The van der Waals surface area contributed by atoms with E-state index in [0.717, 1.165) is 0 Å². The molecule has 5 amide bonds. The van der Waals surface area contributed by atoms with Crippen LogP contribution in [0.2, 0.25) is 0 Å². The average molecular weight is 473 g/mol. The number of fused-ring (bicyclic) bond motifs is 1. The maximum Gasteiger partial charge on any atom is 0.408 e. The number of piperazine rings is 1. The van der Waals surface area contributed by atoms with Gasteiger partial charge in [-0.2, -0.15) is 0 Å². The van der Waals surface area contributed by atoms with Gasteiger partial charge < -0.3 is 19.9 Å². The molecular weight excluding hydrogens is 440 g/mol. The number of amides is 5. The quantitative estimate of drug-likeness (QED) is 0.672. The van der Waals surface area contributed by atoms with Crippen molar-refractivity contribution in [3.63, 3.8) is 0 Å². The standard InChI is InChI=1S/C24H32N4O6/c1-23(2,3)28-20(31)16-8-7-15(13-17(16)21(28)32)19(30)27-11-9-26(10-12-27)18(29)14-25-22(33)34-24(4,5)6/h7-8,13H,9-12,14H2,1-6H3,(H,25,33). The van der Waals surface area contributed by atoms with Crippen LogP contribution in [0.25, 0.3) is 0 Å². The van der Waals surface area contributed by atoms with Crippen LogP contribution in [0.15, 0.2) is 18.2 Å². The highest BCUT2D eigenvalue weighted by atomic mass is 16.6. The van der Waals surface area contributed by atoms with Gasteiger partial charge in [-0.15, -0.1) is 0 Å². The van der Waals surface area contributed by atoms with Crippen LogP contribution in [0, 0.1) is 0 Å². The molecule has 10 nitrogen and oxygen atoms in total. The molecule has 0 spiro atoms. The molecule has 2 aliphatic heterocycles. The molecule has 1 fully saturated rings. The Labute approximate surface area is 199 Å².